The summed E-state index contributed by atoms with van der Waals surface area (Å²) in [5.41, 5.74) is 2.18. The van der Waals surface area contributed by atoms with E-state index in [9.17, 15) is 0 Å². The average molecular weight is 273 g/mol. The number of aromatic nitrogens is 4. The number of nitrogens with one attached hydrogen (secondary N) is 1. The Hall–Kier alpha value is -1.95. The maximum absolute atomic E-state index is 5.48. The Morgan fingerprint density at radius 1 is 1.35 bits per heavy atom. The standard InChI is InChI=1S/C14H19N5O/c1-11-4-6-13(7-5-11)19-14(16-17-18-19)15-9-12-3-2-8-20-10-12/h4-7,12H,2-3,8-10H2,1H3,(H,15,16,18). The minimum Gasteiger partial charge on any atom is -0.381 e. The van der Waals surface area contributed by atoms with Gasteiger partial charge in [-0.2, -0.15) is 4.68 Å². The Balaban J connectivity index is 1.68. The first-order valence-corrected chi connectivity index (χ1v) is 7.00. The molecule has 1 unspecified atom stereocenters. The average Bonchev–Trinajstić information content (AvgIpc) is 2.95. The predicted octanol–water partition coefficient (Wildman–Crippen LogP) is 1.81. The van der Waals surface area contributed by atoms with Crippen molar-refractivity contribution in [1.82, 2.24) is 20.2 Å². The Morgan fingerprint density at radius 2 is 2.20 bits per heavy atom. The Labute approximate surface area is 118 Å². The second kappa shape index (κ2) is 6.00. The number of rotatable bonds is 4. The Kier molecular flexibility index (Phi) is 3.92. The second-order valence-corrected chi connectivity index (χ2v) is 5.21. The molecule has 0 saturated carbocycles. The van der Waals surface area contributed by atoms with E-state index in [0.717, 1.165) is 31.9 Å². The van der Waals surface area contributed by atoms with Gasteiger partial charge in [-0.3, -0.25) is 0 Å². The van der Waals surface area contributed by atoms with E-state index in [-0.39, 0.29) is 0 Å². The zero-order valence-electron chi connectivity index (χ0n) is 11.6. The first-order valence-electron chi connectivity index (χ1n) is 7.00. The van der Waals surface area contributed by atoms with E-state index in [2.05, 4.69) is 39.9 Å². The third-order valence-electron chi connectivity index (χ3n) is 3.55. The summed E-state index contributed by atoms with van der Waals surface area (Å²) in [6.45, 7) is 4.61. The monoisotopic (exact) mass is 273 g/mol. The molecule has 6 nitrogen and oxygen atoms in total. The van der Waals surface area contributed by atoms with Gasteiger partial charge >= 0.3 is 0 Å². The highest BCUT2D eigenvalue weighted by atomic mass is 16.5. The summed E-state index contributed by atoms with van der Waals surface area (Å²) in [5, 5.41) is 15.2. The van der Waals surface area contributed by atoms with E-state index in [0.29, 0.717) is 11.9 Å². The molecule has 3 rings (SSSR count). The van der Waals surface area contributed by atoms with Gasteiger partial charge in [0.05, 0.1) is 12.3 Å². The van der Waals surface area contributed by atoms with E-state index in [1.54, 1.807) is 4.68 Å². The zero-order valence-corrected chi connectivity index (χ0v) is 11.6. The molecular formula is C14H19N5O. The number of hydrogen-bond acceptors (Lipinski definition) is 5. The smallest absolute Gasteiger partial charge is 0.247 e. The third kappa shape index (κ3) is 2.96. The highest BCUT2D eigenvalue weighted by Crippen LogP contribution is 2.16. The van der Waals surface area contributed by atoms with Gasteiger partial charge in [-0.1, -0.05) is 22.8 Å². The van der Waals surface area contributed by atoms with E-state index >= 15 is 0 Å². The topological polar surface area (TPSA) is 64.9 Å². The highest BCUT2D eigenvalue weighted by molar-refractivity contribution is 5.39. The second-order valence-electron chi connectivity index (χ2n) is 5.21. The molecule has 0 aliphatic carbocycles. The molecule has 0 amide bonds. The van der Waals surface area contributed by atoms with Crippen molar-refractivity contribution in [2.45, 2.75) is 19.8 Å². The number of benzene rings is 1. The van der Waals surface area contributed by atoms with Crippen LogP contribution in [0.3, 0.4) is 0 Å². The first kappa shape index (κ1) is 13.1. The van der Waals surface area contributed by atoms with E-state index in [1.807, 2.05) is 12.1 Å². The van der Waals surface area contributed by atoms with Gasteiger partial charge in [0.2, 0.25) is 5.95 Å². The number of ether oxygens (including phenoxy) is 1. The fourth-order valence-corrected chi connectivity index (χ4v) is 2.36. The summed E-state index contributed by atoms with van der Waals surface area (Å²) in [4.78, 5) is 0. The van der Waals surface area contributed by atoms with Crippen molar-refractivity contribution < 1.29 is 4.74 Å². The molecule has 1 fully saturated rings. The van der Waals surface area contributed by atoms with Crippen molar-refractivity contribution >= 4 is 5.95 Å². The molecule has 1 aromatic heterocycles. The summed E-state index contributed by atoms with van der Waals surface area (Å²) in [7, 11) is 0. The molecule has 1 saturated heterocycles. The SMILES string of the molecule is Cc1ccc(-n2nnnc2NCC2CCCOC2)cc1. The minimum atomic E-state index is 0.534. The summed E-state index contributed by atoms with van der Waals surface area (Å²) >= 11 is 0. The predicted molar refractivity (Wildman–Crippen MR) is 75.9 cm³/mol. The van der Waals surface area contributed by atoms with Crippen LogP contribution in [0.2, 0.25) is 0 Å². The molecule has 20 heavy (non-hydrogen) atoms. The van der Waals surface area contributed by atoms with Crippen LogP contribution in [0.4, 0.5) is 5.95 Å². The first-order chi connectivity index (χ1) is 9.83. The highest BCUT2D eigenvalue weighted by Gasteiger charge is 2.15. The van der Waals surface area contributed by atoms with Gasteiger partial charge in [-0.05, 0) is 48.2 Å². The number of anilines is 1. The molecule has 1 N–H and O–H groups in total. The normalized spacial score (nSPS) is 18.9. The summed E-state index contributed by atoms with van der Waals surface area (Å²) in [5.74, 6) is 1.21. The van der Waals surface area contributed by atoms with E-state index in [4.69, 9.17) is 4.74 Å². The van der Waals surface area contributed by atoms with Gasteiger partial charge in [-0.15, -0.1) is 0 Å². The lowest BCUT2D eigenvalue weighted by Gasteiger charge is -2.22. The van der Waals surface area contributed by atoms with Crippen LogP contribution in [-0.4, -0.2) is 40.0 Å². The lowest BCUT2D eigenvalue weighted by molar-refractivity contribution is 0.0594. The Bertz CT molecular complexity index is 545. The van der Waals surface area contributed by atoms with Crippen LogP contribution in [0.1, 0.15) is 18.4 Å². The van der Waals surface area contributed by atoms with Crippen molar-refractivity contribution in [1.29, 1.82) is 0 Å². The largest absolute Gasteiger partial charge is 0.381 e. The fraction of sp³-hybridized carbons (Fsp3) is 0.500. The summed E-state index contributed by atoms with van der Waals surface area (Å²) in [6, 6.07) is 8.13. The molecule has 1 atom stereocenters. The van der Waals surface area contributed by atoms with Gasteiger partial charge in [0, 0.05) is 13.2 Å². The molecule has 1 aliphatic rings. The van der Waals surface area contributed by atoms with Crippen molar-refractivity contribution in [3.05, 3.63) is 29.8 Å². The van der Waals surface area contributed by atoms with E-state index < -0.39 is 0 Å². The maximum atomic E-state index is 5.48. The van der Waals surface area contributed by atoms with Gasteiger partial charge in [0.1, 0.15) is 0 Å². The summed E-state index contributed by atoms with van der Waals surface area (Å²) < 4.78 is 7.21. The van der Waals surface area contributed by atoms with Crippen LogP contribution in [0.5, 0.6) is 0 Å². The van der Waals surface area contributed by atoms with Crippen LogP contribution in [0, 0.1) is 12.8 Å². The third-order valence-corrected chi connectivity index (χ3v) is 3.55. The zero-order chi connectivity index (χ0) is 13.8. The lowest BCUT2D eigenvalue weighted by atomic mass is 10.0. The lowest BCUT2D eigenvalue weighted by Crippen LogP contribution is -2.25. The van der Waals surface area contributed by atoms with Gasteiger partial charge in [-0.25, -0.2) is 0 Å². The number of hydrogen-bond donors (Lipinski definition) is 1. The molecule has 106 valence electrons. The fourth-order valence-electron chi connectivity index (χ4n) is 2.36. The van der Waals surface area contributed by atoms with Crippen molar-refractivity contribution in [3.8, 4) is 5.69 Å². The Morgan fingerprint density at radius 3 is 2.95 bits per heavy atom. The van der Waals surface area contributed by atoms with Crippen LogP contribution >= 0.6 is 0 Å². The van der Waals surface area contributed by atoms with Crippen molar-refractivity contribution in [2.75, 3.05) is 25.1 Å². The van der Waals surface area contributed by atoms with Crippen LogP contribution in [-0.2, 0) is 4.74 Å². The molecule has 0 radical (unpaired) electrons. The van der Waals surface area contributed by atoms with Gasteiger partial charge < -0.3 is 10.1 Å². The van der Waals surface area contributed by atoms with E-state index in [1.165, 1.54) is 12.0 Å². The van der Waals surface area contributed by atoms with Gasteiger partial charge in [0.15, 0.2) is 0 Å². The molecular weight excluding hydrogens is 254 g/mol. The number of nitrogens with zero attached hydrogens (tertiary/aromatic N) is 4. The van der Waals surface area contributed by atoms with Crippen LogP contribution in [0.15, 0.2) is 24.3 Å². The van der Waals surface area contributed by atoms with Crippen molar-refractivity contribution in [3.63, 3.8) is 0 Å². The number of aryl methyl sites for hydroxylation is 1. The molecule has 0 bridgehead atoms. The molecule has 0 spiro atoms. The quantitative estimate of drug-likeness (QED) is 0.920. The van der Waals surface area contributed by atoms with Crippen LogP contribution in [0.25, 0.3) is 5.69 Å². The minimum absolute atomic E-state index is 0.534. The number of tetrazole rings is 1. The van der Waals surface area contributed by atoms with Gasteiger partial charge in [0.25, 0.3) is 0 Å². The van der Waals surface area contributed by atoms with Crippen LogP contribution < -0.4 is 5.32 Å². The molecule has 2 aromatic rings. The molecule has 6 heteroatoms. The molecule has 1 aliphatic heterocycles. The van der Waals surface area contributed by atoms with Crippen molar-refractivity contribution in [2.24, 2.45) is 5.92 Å². The molecule has 1 aromatic carbocycles. The summed E-state index contributed by atoms with van der Waals surface area (Å²) in [6.07, 6.45) is 2.33. The maximum Gasteiger partial charge on any atom is 0.247 e. The molecule has 2 heterocycles.